The first kappa shape index (κ1) is 16.5. The van der Waals surface area contributed by atoms with E-state index in [1.54, 1.807) is 17.9 Å². The van der Waals surface area contributed by atoms with Crippen LogP contribution in [0.2, 0.25) is 0 Å². The van der Waals surface area contributed by atoms with Gasteiger partial charge in [0.05, 0.1) is 0 Å². The number of hydrogen-bond donors (Lipinski definition) is 2. The Kier molecular flexibility index (Phi) is 5.19. The smallest absolute Gasteiger partial charge is 0.251 e. The maximum Gasteiger partial charge on any atom is 0.251 e. The van der Waals surface area contributed by atoms with E-state index in [-0.39, 0.29) is 17.9 Å². The van der Waals surface area contributed by atoms with Crippen LogP contribution in [0.25, 0.3) is 0 Å². The molecular formula is C17H25N3O2. The number of carbonyl (C=O) groups is 2. The molecule has 2 rings (SSSR count). The second kappa shape index (κ2) is 6.92. The maximum absolute atomic E-state index is 12.4. The summed E-state index contributed by atoms with van der Waals surface area (Å²) >= 11 is 0. The number of nitrogens with one attached hydrogen (secondary N) is 1. The average Bonchev–Trinajstić information content (AvgIpc) is 2.88. The largest absolute Gasteiger partial charge is 0.348 e. The summed E-state index contributed by atoms with van der Waals surface area (Å²) in [6.45, 7) is 6.91. The van der Waals surface area contributed by atoms with Gasteiger partial charge in [-0.1, -0.05) is 13.8 Å². The zero-order valence-corrected chi connectivity index (χ0v) is 13.6. The third-order valence-electron chi connectivity index (χ3n) is 3.99. The number of hydrogen-bond acceptors (Lipinski definition) is 3. The molecule has 5 nitrogen and oxygen atoms in total. The zero-order chi connectivity index (χ0) is 16.3. The molecule has 1 heterocycles. The van der Waals surface area contributed by atoms with Crippen LogP contribution in [0, 0.1) is 5.92 Å². The van der Waals surface area contributed by atoms with Gasteiger partial charge in [0, 0.05) is 37.3 Å². The van der Waals surface area contributed by atoms with Gasteiger partial charge in [-0.05, 0) is 42.5 Å². The van der Waals surface area contributed by atoms with E-state index in [1.165, 1.54) is 0 Å². The second-order valence-corrected chi connectivity index (χ2v) is 6.30. The summed E-state index contributed by atoms with van der Waals surface area (Å²) in [4.78, 5) is 25.7. The lowest BCUT2D eigenvalue weighted by molar-refractivity contribution is -0.116. The van der Waals surface area contributed by atoms with Crippen molar-refractivity contribution in [1.82, 2.24) is 5.32 Å². The highest BCUT2D eigenvalue weighted by Gasteiger charge is 2.23. The number of carbonyl (C=O) groups excluding carboxylic acids is 2. The minimum absolute atomic E-state index is 0.00512. The van der Waals surface area contributed by atoms with Crippen LogP contribution < -0.4 is 16.0 Å². The van der Waals surface area contributed by atoms with Crippen LogP contribution in [-0.4, -0.2) is 30.9 Å². The van der Waals surface area contributed by atoms with E-state index >= 15 is 0 Å². The second-order valence-electron chi connectivity index (χ2n) is 6.30. The van der Waals surface area contributed by atoms with E-state index in [9.17, 15) is 9.59 Å². The molecule has 0 saturated carbocycles. The zero-order valence-electron chi connectivity index (χ0n) is 13.6. The van der Waals surface area contributed by atoms with Crippen molar-refractivity contribution in [2.24, 2.45) is 11.7 Å². The number of nitrogens with two attached hydrogens (primary N) is 1. The third-order valence-corrected chi connectivity index (χ3v) is 3.99. The van der Waals surface area contributed by atoms with Crippen LogP contribution in [0.15, 0.2) is 18.2 Å². The van der Waals surface area contributed by atoms with E-state index < -0.39 is 0 Å². The number of nitrogens with zero attached hydrogens (tertiary/aromatic N) is 1. The van der Waals surface area contributed by atoms with E-state index in [0.717, 1.165) is 24.1 Å². The normalized spacial score (nSPS) is 14.9. The van der Waals surface area contributed by atoms with Crippen LogP contribution in [0.4, 0.5) is 5.69 Å². The molecule has 1 aliphatic rings. The minimum atomic E-state index is -0.0971. The number of fused-ring (bicyclic) bond motifs is 1. The molecule has 0 fully saturated rings. The first-order chi connectivity index (χ1) is 10.4. The molecule has 3 N–H and O–H groups in total. The summed E-state index contributed by atoms with van der Waals surface area (Å²) in [5.41, 5.74) is 8.33. The summed E-state index contributed by atoms with van der Waals surface area (Å²) < 4.78 is 0. The van der Waals surface area contributed by atoms with Gasteiger partial charge >= 0.3 is 0 Å². The van der Waals surface area contributed by atoms with E-state index in [4.69, 9.17) is 5.73 Å². The van der Waals surface area contributed by atoms with Crippen molar-refractivity contribution in [1.29, 1.82) is 0 Å². The van der Waals surface area contributed by atoms with Crippen molar-refractivity contribution in [2.45, 2.75) is 39.7 Å². The highest BCUT2D eigenvalue weighted by molar-refractivity contribution is 5.98. The number of anilines is 1. The first-order valence-corrected chi connectivity index (χ1v) is 7.84. The molecule has 0 saturated heterocycles. The highest BCUT2D eigenvalue weighted by atomic mass is 16.2. The summed E-state index contributed by atoms with van der Waals surface area (Å²) in [6, 6.07) is 5.52. The topological polar surface area (TPSA) is 75.4 Å². The predicted octanol–water partition coefficient (Wildman–Crippen LogP) is 1.70. The van der Waals surface area contributed by atoms with Gasteiger partial charge in [0.15, 0.2) is 0 Å². The molecule has 0 aliphatic carbocycles. The molecule has 1 aromatic rings. The fourth-order valence-corrected chi connectivity index (χ4v) is 2.92. The van der Waals surface area contributed by atoms with Gasteiger partial charge in [-0.2, -0.15) is 0 Å². The first-order valence-electron chi connectivity index (χ1n) is 7.84. The summed E-state index contributed by atoms with van der Waals surface area (Å²) in [5, 5.41) is 2.99. The van der Waals surface area contributed by atoms with Crippen LogP contribution >= 0.6 is 0 Å². The summed E-state index contributed by atoms with van der Waals surface area (Å²) in [7, 11) is 0. The number of amides is 2. The Balaban J connectivity index is 2.10. The molecule has 22 heavy (non-hydrogen) atoms. The molecule has 120 valence electrons. The van der Waals surface area contributed by atoms with Crippen LogP contribution in [0.3, 0.4) is 0 Å². The highest BCUT2D eigenvalue weighted by Crippen LogP contribution is 2.28. The van der Waals surface area contributed by atoms with Crippen molar-refractivity contribution >= 4 is 17.5 Å². The third kappa shape index (κ3) is 3.65. The lowest BCUT2D eigenvalue weighted by atomic mass is 10.0. The van der Waals surface area contributed by atoms with Crippen molar-refractivity contribution < 1.29 is 9.59 Å². The molecule has 0 bridgehead atoms. The Morgan fingerprint density at radius 3 is 2.68 bits per heavy atom. The van der Waals surface area contributed by atoms with Crippen LogP contribution in [0.5, 0.6) is 0 Å². The van der Waals surface area contributed by atoms with Gasteiger partial charge in [0.1, 0.15) is 0 Å². The lowest BCUT2D eigenvalue weighted by Crippen LogP contribution is -2.41. The predicted molar refractivity (Wildman–Crippen MR) is 87.9 cm³/mol. The molecular weight excluding hydrogens is 278 g/mol. The molecule has 1 aromatic carbocycles. The number of rotatable bonds is 5. The molecule has 2 amide bonds. The van der Waals surface area contributed by atoms with Gasteiger partial charge in [-0.15, -0.1) is 0 Å². The lowest BCUT2D eigenvalue weighted by Gasteiger charge is -2.19. The number of benzene rings is 1. The van der Waals surface area contributed by atoms with Gasteiger partial charge in [0.2, 0.25) is 5.91 Å². The van der Waals surface area contributed by atoms with E-state index in [0.29, 0.717) is 24.6 Å². The van der Waals surface area contributed by atoms with Crippen molar-refractivity contribution in [2.75, 3.05) is 18.0 Å². The van der Waals surface area contributed by atoms with Gasteiger partial charge in [-0.3, -0.25) is 9.59 Å². The summed E-state index contributed by atoms with van der Waals surface area (Å²) in [5.74, 6) is 0.425. The van der Waals surface area contributed by atoms with Gasteiger partial charge < -0.3 is 16.0 Å². The average molecular weight is 303 g/mol. The molecule has 1 atom stereocenters. The van der Waals surface area contributed by atoms with Crippen molar-refractivity contribution in [3.8, 4) is 0 Å². The molecule has 0 radical (unpaired) electrons. The Bertz CT molecular complexity index is 569. The summed E-state index contributed by atoms with van der Waals surface area (Å²) in [6.07, 6.45) is 1.66. The van der Waals surface area contributed by atoms with E-state index in [1.807, 2.05) is 12.1 Å². The maximum atomic E-state index is 12.4. The molecule has 1 aliphatic heterocycles. The van der Waals surface area contributed by atoms with Gasteiger partial charge in [0.25, 0.3) is 5.91 Å². The Labute approximate surface area is 131 Å². The Morgan fingerprint density at radius 1 is 1.36 bits per heavy atom. The molecule has 1 unspecified atom stereocenters. The fourth-order valence-electron chi connectivity index (χ4n) is 2.92. The van der Waals surface area contributed by atoms with E-state index in [2.05, 4.69) is 19.2 Å². The molecule has 0 spiro atoms. The van der Waals surface area contributed by atoms with Crippen molar-refractivity contribution in [3.05, 3.63) is 29.3 Å². The molecule has 0 aromatic heterocycles. The minimum Gasteiger partial charge on any atom is -0.348 e. The SMILES string of the molecule is CC(=O)N1CCc2cc(C(=O)NC(CN)CC(C)C)ccc21. The fraction of sp³-hybridized carbons (Fsp3) is 0.529. The Hall–Kier alpha value is -1.88. The standard InChI is InChI=1S/C17H25N3O2/c1-11(2)8-15(10-18)19-17(22)14-4-5-16-13(9-14)6-7-20(16)12(3)21/h4-5,9,11,15H,6-8,10,18H2,1-3H3,(H,19,22). The van der Waals surface area contributed by atoms with Crippen molar-refractivity contribution in [3.63, 3.8) is 0 Å². The Morgan fingerprint density at radius 2 is 2.09 bits per heavy atom. The van der Waals surface area contributed by atoms with Crippen LogP contribution in [0.1, 0.15) is 43.1 Å². The molecule has 5 heteroatoms. The monoisotopic (exact) mass is 303 g/mol. The van der Waals surface area contributed by atoms with Crippen LogP contribution in [-0.2, 0) is 11.2 Å². The quantitative estimate of drug-likeness (QED) is 0.869. The van der Waals surface area contributed by atoms with Gasteiger partial charge in [-0.25, -0.2) is 0 Å².